The van der Waals surface area contributed by atoms with Gasteiger partial charge in [0.2, 0.25) is 5.91 Å². The van der Waals surface area contributed by atoms with E-state index in [2.05, 4.69) is 15.6 Å². The summed E-state index contributed by atoms with van der Waals surface area (Å²) >= 11 is 0. The second kappa shape index (κ2) is 10.9. The summed E-state index contributed by atoms with van der Waals surface area (Å²) in [6, 6.07) is 8.13. The summed E-state index contributed by atoms with van der Waals surface area (Å²) in [5, 5.41) is 10.9. The Balaban J connectivity index is 1.53. The number of amides is 2. The number of carbonyl (C=O) groups is 2. The minimum absolute atomic E-state index is 0.0523. The molecular formula is C23H33N5O3. The largest absolute Gasteiger partial charge is 0.497 e. The van der Waals surface area contributed by atoms with Gasteiger partial charge in [-0.1, -0.05) is 17.3 Å². The number of rotatable bonds is 9. The number of hydrogen-bond acceptors (Lipinski definition) is 5. The molecule has 1 atom stereocenters. The first-order valence-electron chi connectivity index (χ1n) is 11.1. The van der Waals surface area contributed by atoms with Crippen LogP contribution < -0.4 is 10.1 Å². The van der Waals surface area contributed by atoms with E-state index in [9.17, 15) is 9.59 Å². The summed E-state index contributed by atoms with van der Waals surface area (Å²) in [6.07, 6.45) is 6.85. The van der Waals surface area contributed by atoms with E-state index in [1.807, 2.05) is 43.0 Å². The van der Waals surface area contributed by atoms with Gasteiger partial charge in [0.1, 0.15) is 5.75 Å². The molecule has 1 aromatic carbocycles. The summed E-state index contributed by atoms with van der Waals surface area (Å²) in [6.45, 7) is 5.25. The number of nitrogens with zero attached hydrogens (tertiary/aromatic N) is 4. The number of ether oxygens (including phenoxy) is 1. The van der Waals surface area contributed by atoms with E-state index in [0.29, 0.717) is 25.1 Å². The number of piperidine rings is 1. The maximum Gasteiger partial charge on any atom is 0.273 e. The fourth-order valence-corrected chi connectivity index (χ4v) is 3.98. The Hall–Kier alpha value is -2.90. The van der Waals surface area contributed by atoms with Crippen molar-refractivity contribution in [3.8, 4) is 5.75 Å². The third kappa shape index (κ3) is 6.54. The van der Waals surface area contributed by atoms with E-state index in [0.717, 1.165) is 43.5 Å². The van der Waals surface area contributed by atoms with Crippen LogP contribution in [0.4, 0.5) is 0 Å². The molecule has 1 aliphatic rings. The average molecular weight is 428 g/mol. The highest BCUT2D eigenvalue weighted by Gasteiger charge is 2.26. The molecule has 31 heavy (non-hydrogen) atoms. The molecule has 0 saturated carbocycles. The van der Waals surface area contributed by atoms with E-state index in [4.69, 9.17) is 4.74 Å². The number of likely N-dealkylation sites (tertiary alicyclic amines) is 1. The topological polar surface area (TPSA) is 89.4 Å². The van der Waals surface area contributed by atoms with Crippen molar-refractivity contribution in [2.75, 3.05) is 13.7 Å². The zero-order valence-electron chi connectivity index (χ0n) is 18.7. The van der Waals surface area contributed by atoms with Crippen LogP contribution in [0.25, 0.3) is 0 Å². The highest BCUT2D eigenvalue weighted by atomic mass is 16.5. The minimum atomic E-state index is -0.215. The van der Waals surface area contributed by atoms with E-state index >= 15 is 0 Å². The van der Waals surface area contributed by atoms with Gasteiger partial charge in [-0.2, -0.15) is 0 Å². The van der Waals surface area contributed by atoms with Gasteiger partial charge < -0.3 is 15.0 Å². The molecule has 168 valence electrons. The maximum atomic E-state index is 13.0. The van der Waals surface area contributed by atoms with E-state index < -0.39 is 0 Å². The van der Waals surface area contributed by atoms with Crippen molar-refractivity contribution >= 4 is 11.8 Å². The zero-order valence-corrected chi connectivity index (χ0v) is 18.7. The number of aryl methyl sites for hydroxylation is 2. The maximum absolute atomic E-state index is 13.0. The second-order valence-corrected chi connectivity index (χ2v) is 8.37. The number of methoxy groups -OCH3 is 1. The number of hydrogen-bond donors (Lipinski definition) is 1. The van der Waals surface area contributed by atoms with Gasteiger partial charge >= 0.3 is 0 Å². The molecule has 1 aromatic heterocycles. The zero-order chi connectivity index (χ0) is 22.2. The van der Waals surface area contributed by atoms with Gasteiger partial charge in [0.25, 0.3) is 5.91 Å². The molecule has 2 heterocycles. The van der Waals surface area contributed by atoms with Gasteiger partial charge in [0.15, 0.2) is 5.69 Å². The van der Waals surface area contributed by atoms with Crippen molar-refractivity contribution in [3.63, 3.8) is 0 Å². The fourth-order valence-electron chi connectivity index (χ4n) is 3.98. The molecule has 0 spiro atoms. The lowest BCUT2D eigenvalue weighted by Crippen LogP contribution is -2.44. The van der Waals surface area contributed by atoms with Gasteiger partial charge in [0, 0.05) is 31.6 Å². The standard InChI is InChI=1S/C23H33N5O3/c1-17(2)24-23(30)21-16-27(26-25-21)14-12-19-8-4-5-13-28(19)22(29)11-10-18-7-6-9-20(15-18)31-3/h6-7,9,15-17,19H,4-5,8,10-14H2,1-3H3,(H,24,30). The smallest absolute Gasteiger partial charge is 0.273 e. The van der Waals surface area contributed by atoms with Crippen LogP contribution in [0.3, 0.4) is 0 Å². The molecule has 1 saturated heterocycles. The molecule has 1 N–H and O–H groups in total. The van der Waals surface area contributed by atoms with Gasteiger partial charge in [-0.25, -0.2) is 0 Å². The number of nitrogens with one attached hydrogen (secondary N) is 1. The summed E-state index contributed by atoms with van der Waals surface area (Å²) in [5.74, 6) is 0.798. The monoisotopic (exact) mass is 427 g/mol. The number of aromatic nitrogens is 3. The molecule has 2 amide bonds. The SMILES string of the molecule is COc1cccc(CCC(=O)N2CCCCC2CCn2cc(C(=O)NC(C)C)nn2)c1. The molecule has 0 bridgehead atoms. The molecular weight excluding hydrogens is 394 g/mol. The van der Waals surface area contributed by atoms with Crippen LogP contribution in [0.2, 0.25) is 0 Å². The lowest BCUT2D eigenvalue weighted by Gasteiger charge is -2.36. The normalized spacial score (nSPS) is 16.4. The van der Waals surface area contributed by atoms with E-state index in [1.165, 1.54) is 0 Å². The van der Waals surface area contributed by atoms with Crippen LogP contribution >= 0.6 is 0 Å². The summed E-state index contributed by atoms with van der Waals surface area (Å²) < 4.78 is 6.97. The molecule has 8 nitrogen and oxygen atoms in total. The van der Waals surface area contributed by atoms with Crippen molar-refractivity contribution in [2.24, 2.45) is 0 Å². The summed E-state index contributed by atoms with van der Waals surface area (Å²) in [7, 11) is 1.65. The molecule has 1 unspecified atom stereocenters. The minimum Gasteiger partial charge on any atom is -0.497 e. The molecule has 0 radical (unpaired) electrons. The first-order valence-corrected chi connectivity index (χ1v) is 11.1. The summed E-state index contributed by atoms with van der Waals surface area (Å²) in [4.78, 5) is 27.0. The Morgan fingerprint density at radius 3 is 2.90 bits per heavy atom. The fraction of sp³-hybridized carbons (Fsp3) is 0.565. The van der Waals surface area contributed by atoms with Crippen molar-refractivity contribution in [1.82, 2.24) is 25.2 Å². The predicted molar refractivity (Wildman–Crippen MR) is 118 cm³/mol. The predicted octanol–water partition coefficient (Wildman–Crippen LogP) is 2.83. The van der Waals surface area contributed by atoms with Crippen molar-refractivity contribution < 1.29 is 14.3 Å². The van der Waals surface area contributed by atoms with E-state index in [1.54, 1.807) is 18.0 Å². The molecule has 1 fully saturated rings. The van der Waals surface area contributed by atoms with Gasteiger partial charge in [-0.05, 0) is 63.6 Å². The Morgan fingerprint density at radius 2 is 2.13 bits per heavy atom. The van der Waals surface area contributed by atoms with Crippen LogP contribution in [0.15, 0.2) is 30.5 Å². The first kappa shape index (κ1) is 22.8. The Kier molecular flexibility index (Phi) is 8.03. The molecule has 1 aliphatic heterocycles. The Labute approximate surface area is 183 Å². The quantitative estimate of drug-likeness (QED) is 0.665. The lowest BCUT2D eigenvalue weighted by molar-refractivity contribution is -0.135. The van der Waals surface area contributed by atoms with Gasteiger partial charge in [-0.15, -0.1) is 5.10 Å². The lowest BCUT2D eigenvalue weighted by atomic mass is 9.98. The van der Waals surface area contributed by atoms with E-state index in [-0.39, 0.29) is 23.9 Å². The Morgan fingerprint density at radius 1 is 1.29 bits per heavy atom. The highest BCUT2D eigenvalue weighted by Crippen LogP contribution is 2.22. The van der Waals surface area contributed by atoms with Crippen molar-refractivity contribution in [2.45, 2.75) is 71.0 Å². The summed E-state index contributed by atoms with van der Waals surface area (Å²) in [5.41, 5.74) is 1.43. The van der Waals surface area contributed by atoms with Crippen molar-refractivity contribution in [3.05, 3.63) is 41.7 Å². The molecule has 0 aliphatic carbocycles. The van der Waals surface area contributed by atoms with Crippen LogP contribution in [0.1, 0.15) is 62.0 Å². The van der Waals surface area contributed by atoms with Gasteiger partial charge in [-0.3, -0.25) is 14.3 Å². The number of carbonyl (C=O) groups excluding carboxylic acids is 2. The molecule has 3 rings (SSSR count). The van der Waals surface area contributed by atoms with Crippen molar-refractivity contribution in [1.29, 1.82) is 0 Å². The number of benzene rings is 1. The third-order valence-electron chi connectivity index (χ3n) is 5.59. The third-order valence-corrected chi connectivity index (χ3v) is 5.59. The second-order valence-electron chi connectivity index (χ2n) is 8.37. The first-order chi connectivity index (χ1) is 15.0. The average Bonchev–Trinajstić information content (AvgIpc) is 3.25. The highest BCUT2D eigenvalue weighted by molar-refractivity contribution is 5.91. The van der Waals surface area contributed by atoms with Crippen LogP contribution in [0.5, 0.6) is 5.75 Å². The van der Waals surface area contributed by atoms with Crippen LogP contribution in [-0.4, -0.2) is 57.4 Å². The molecule has 2 aromatic rings. The van der Waals surface area contributed by atoms with Crippen LogP contribution in [-0.2, 0) is 17.8 Å². The van der Waals surface area contributed by atoms with Crippen LogP contribution in [0, 0.1) is 0 Å². The Bertz CT molecular complexity index is 880. The molecule has 8 heteroatoms. The van der Waals surface area contributed by atoms with Gasteiger partial charge in [0.05, 0.1) is 13.3 Å².